The van der Waals surface area contributed by atoms with Gasteiger partial charge < -0.3 is 15.8 Å². The zero-order valence-corrected chi connectivity index (χ0v) is 11.4. The maximum Gasteiger partial charge on any atom is 0.247 e. The summed E-state index contributed by atoms with van der Waals surface area (Å²) in [5.74, 6) is 1.24. The van der Waals surface area contributed by atoms with Gasteiger partial charge in [-0.2, -0.15) is 0 Å². The van der Waals surface area contributed by atoms with Crippen molar-refractivity contribution in [3.05, 3.63) is 48.5 Å². The molecule has 0 aliphatic heterocycles. The molecule has 3 N–H and O–H groups in total. The number of fused-ring (bicyclic) bond motifs is 1. The Bertz CT molecular complexity index is 729. The van der Waals surface area contributed by atoms with Crippen LogP contribution in [0.15, 0.2) is 48.5 Å². The van der Waals surface area contributed by atoms with E-state index in [0.717, 1.165) is 22.5 Å². The lowest BCUT2D eigenvalue weighted by Gasteiger charge is -2.07. The minimum atomic E-state index is 0.462. The highest BCUT2D eigenvalue weighted by molar-refractivity contribution is 5.74. The number of ether oxygens (including phenoxy) is 1. The summed E-state index contributed by atoms with van der Waals surface area (Å²) in [7, 11) is 0. The molecule has 1 heterocycles. The van der Waals surface area contributed by atoms with E-state index < -0.39 is 0 Å². The molecule has 1 aromatic heterocycles. The molecule has 0 radical (unpaired) electrons. The molecule has 0 unspecified atom stereocenters. The van der Waals surface area contributed by atoms with Gasteiger partial charge in [0.1, 0.15) is 17.9 Å². The molecule has 106 valence electrons. The van der Waals surface area contributed by atoms with Crippen LogP contribution in [-0.4, -0.2) is 28.3 Å². The van der Waals surface area contributed by atoms with E-state index in [9.17, 15) is 0 Å². The summed E-state index contributed by atoms with van der Waals surface area (Å²) in [4.78, 5) is 4.41. The maximum absolute atomic E-state index is 5.42. The molecule has 0 aliphatic rings. The van der Waals surface area contributed by atoms with Crippen molar-refractivity contribution >= 4 is 22.7 Å². The largest absolute Gasteiger partial charge is 0.492 e. The van der Waals surface area contributed by atoms with Crippen LogP contribution in [0.1, 0.15) is 0 Å². The first kappa shape index (κ1) is 13.3. The first-order valence-electron chi connectivity index (χ1n) is 6.64. The highest BCUT2D eigenvalue weighted by Gasteiger charge is 2.02. The molecule has 0 saturated carbocycles. The molecule has 21 heavy (non-hydrogen) atoms. The third-order valence-corrected chi connectivity index (χ3v) is 2.86. The quantitative estimate of drug-likeness (QED) is 0.745. The Balaban J connectivity index is 1.75. The molecule has 3 rings (SSSR count). The Morgan fingerprint density at radius 1 is 0.952 bits per heavy atom. The van der Waals surface area contributed by atoms with Crippen LogP contribution in [0.25, 0.3) is 11.0 Å². The number of hydrogen-bond donors (Lipinski definition) is 2. The fourth-order valence-corrected chi connectivity index (χ4v) is 1.87. The van der Waals surface area contributed by atoms with E-state index in [2.05, 4.69) is 20.5 Å². The van der Waals surface area contributed by atoms with E-state index >= 15 is 0 Å². The highest BCUT2D eigenvalue weighted by Crippen LogP contribution is 2.18. The Morgan fingerprint density at radius 3 is 2.48 bits per heavy atom. The van der Waals surface area contributed by atoms with Gasteiger partial charge in [-0.1, -0.05) is 12.1 Å². The topological polar surface area (TPSA) is 86.0 Å². The fourth-order valence-electron chi connectivity index (χ4n) is 1.87. The number of aromatic nitrogens is 3. The second-order valence-corrected chi connectivity index (χ2v) is 4.41. The summed E-state index contributed by atoms with van der Waals surface area (Å²) in [6.07, 6.45) is 0. The van der Waals surface area contributed by atoms with Gasteiger partial charge >= 0.3 is 0 Å². The summed E-state index contributed by atoms with van der Waals surface area (Å²) in [6.45, 7) is 1.00. The van der Waals surface area contributed by atoms with E-state index in [1.165, 1.54) is 0 Å². The third kappa shape index (κ3) is 3.24. The zero-order chi connectivity index (χ0) is 14.5. The average molecular weight is 281 g/mol. The normalized spacial score (nSPS) is 10.5. The van der Waals surface area contributed by atoms with Gasteiger partial charge in [0.05, 0.1) is 5.52 Å². The lowest BCUT2D eigenvalue weighted by molar-refractivity contribution is 0.328. The van der Waals surface area contributed by atoms with E-state index in [0.29, 0.717) is 19.1 Å². The van der Waals surface area contributed by atoms with Gasteiger partial charge in [0.2, 0.25) is 5.95 Å². The predicted molar refractivity (Wildman–Crippen MR) is 81.6 cm³/mol. The average Bonchev–Trinajstić information content (AvgIpc) is 2.54. The number of rotatable bonds is 5. The van der Waals surface area contributed by atoms with Crippen LogP contribution in [0.4, 0.5) is 11.6 Å². The molecule has 6 nitrogen and oxygen atoms in total. The summed E-state index contributed by atoms with van der Waals surface area (Å²) >= 11 is 0. The van der Waals surface area contributed by atoms with Gasteiger partial charge in [0.15, 0.2) is 0 Å². The molecule has 0 amide bonds. The third-order valence-electron chi connectivity index (χ3n) is 2.86. The Hall–Kier alpha value is -2.73. The van der Waals surface area contributed by atoms with Gasteiger partial charge in [-0.25, -0.2) is 4.98 Å². The van der Waals surface area contributed by atoms with E-state index in [1.54, 1.807) is 0 Å². The fraction of sp³-hybridized carbons (Fsp3) is 0.133. The summed E-state index contributed by atoms with van der Waals surface area (Å²) < 4.78 is 5.42. The first-order valence-corrected chi connectivity index (χ1v) is 6.64. The van der Waals surface area contributed by atoms with Crippen LogP contribution in [0.3, 0.4) is 0 Å². The SMILES string of the molecule is NCCOc1ccc(Nc2nnc3ccccc3n2)cc1. The number of nitrogens with zero attached hydrogens (tertiary/aromatic N) is 3. The van der Waals surface area contributed by atoms with Crippen molar-refractivity contribution in [3.63, 3.8) is 0 Å². The van der Waals surface area contributed by atoms with Crippen molar-refractivity contribution in [2.75, 3.05) is 18.5 Å². The van der Waals surface area contributed by atoms with Gasteiger partial charge in [-0.15, -0.1) is 10.2 Å². The molecule has 6 heteroatoms. The lowest BCUT2D eigenvalue weighted by Crippen LogP contribution is -2.10. The van der Waals surface area contributed by atoms with Crippen molar-refractivity contribution in [3.8, 4) is 5.75 Å². The van der Waals surface area contributed by atoms with Crippen LogP contribution in [0.5, 0.6) is 5.75 Å². The van der Waals surface area contributed by atoms with E-state index in [-0.39, 0.29) is 0 Å². The summed E-state index contributed by atoms with van der Waals surface area (Å²) in [5, 5.41) is 11.3. The van der Waals surface area contributed by atoms with Crippen molar-refractivity contribution < 1.29 is 4.74 Å². The second-order valence-electron chi connectivity index (χ2n) is 4.41. The van der Waals surface area contributed by atoms with Crippen molar-refractivity contribution in [2.24, 2.45) is 5.73 Å². The van der Waals surface area contributed by atoms with Crippen molar-refractivity contribution in [2.45, 2.75) is 0 Å². The van der Waals surface area contributed by atoms with E-state index in [4.69, 9.17) is 10.5 Å². The smallest absolute Gasteiger partial charge is 0.247 e. The monoisotopic (exact) mass is 281 g/mol. The Labute approximate surface area is 122 Å². The Kier molecular flexibility index (Phi) is 3.88. The predicted octanol–water partition coefficient (Wildman–Crippen LogP) is 2.11. The molecule has 0 saturated heterocycles. The number of nitrogens with two attached hydrogens (primary N) is 1. The Morgan fingerprint density at radius 2 is 1.71 bits per heavy atom. The highest BCUT2D eigenvalue weighted by atomic mass is 16.5. The summed E-state index contributed by atoms with van der Waals surface area (Å²) in [6, 6.07) is 15.1. The molecule has 2 aromatic carbocycles. The molecule has 0 atom stereocenters. The molecule has 0 aliphatic carbocycles. The number of para-hydroxylation sites is 1. The molecule has 0 bridgehead atoms. The number of benzene rings is 2. The minimum Gasteiger partial charge on any atom is -0.492 e. The minimum absolute atomic E-state index is 0.462. The molecule has 3 aromatic rings. The zero-order valence-electron chi connectivity index (χ0n) is 11.4. The summed E-state index contributed by atoms with van der Waals surface area (Å²) in [5.41, 5.74) is 7.84. The second kappa shape index (κ2) is 6.15. The van der Waals surface area contributed by atoms with Crippen LogP contribution in [0.2, 0.25) is 0 Å². The van der Waals surface area contributed by atoms with Gasteiger partial charge in [0.25, 0.3) is 0 Å². The van der Waals surface area contributed by atoms with Crippen LogP contribution in [-0.2, 0) is 0 Å². The molecular weight excluding hydrogens is 266 g/mol. The van der Waals surface area contributed by atoms with Gasteiger partial charge in [-0.3, -0.25) is 0 Å². The lowest BCUT2D eigenvalue weighted by atomic mass is 10.3. The standard InChI is InChI=1S/C15H15N5O/c16-9-10-21-12-7-5-11(6-8-12)17-15-18-13-3-1-2-4-14(13)19-20-15/h1-8H,9-10,16H2,(H,17,18,20). The van der Waals surface area contributed by atoms with E-state index in [1.807, 2.05) is 48.5 Å². The number of hydrogen-bond acceptors (Lipinski definition) is 6. The van der Waals surface area contributed by atoms with Crippen LogP contribution >= 0.6 is 0 Å². The number of anilines is 2. The van der Waals surface area contributed by atoms with Crippen molar-refractivity contribution in [1.82, 2.24) is 15.2 Å². The van der Waals surface area contributed by atoms with Gasteiger partial charge in [0, 0.05) is 12.2 Å². The molecular formula is C15H15N5O. The maximum atomic E-state index is 5.42. The van der Waals surface area contributed by atoms with Crippen molar-refractivity contribution in [1.29, 1.82) is 0 Å². The van der Waals surface area contributed by atoms with Crippen LogP contribution in [0, 0.1) is 0 Å². The van der Waals surface area contributed by atoms with Gasteiger partial charge in [-0.05, 0) is 36.4 Å². The number of nitrogens with one attached hydrogen (secondary N) is 1. The molecule has 0 fully saturated rings. The van der Waals surface area contributed by atoms with Crippen LogP contribution < -0.4 is 15.8 Å². The molecule has 0 spiro atoms. The first-order chi connectivity index (χ1) is 10.3.